The van der Waals surface area contributed by atoms with E-state index in [1.807, 2.05) is 4.90 Å². The van der Waals surface area contributed by atoms with Gasteiger partial charge < -0.3 is 9.64 Å². The van der Waals surface area contributed by atoms with Crippen molar-refractivity contribution in [3.63, 3.8) is 0 Å². The second-order valence-corrected chi connectivity index (χ2v) is 5.94. The van der Waals surface area contributed by atoms with Crippen molar-refractivity contribution in [3.05, 3.63) is 27.9 Å². The molecule has 1 fully saturated rings. The minimum Gasteiger partial charge on any atom is -0.464 e. The van der Waals surface area contributed by atoms with Gasteiger partial charge >= 0.3 is 11.7 Å². The molecule has 0 spiro atoms. The number of ether oxygens (including phenoxy) is 1. The molecule has 0 unspecified atom stereocenters. The lowest BCUT2D eigenvalue weighted by Gasteiger charge is -2.37. The Kier molecular flexibility index (Phi) is 4.11. The fourth-order valence-corrected chi connectivity index (χ4v) is 2.36. The Morgan fingerprint density at radius 2 is 2.00 bits per heavy atom. The summed E-state index contributed by atoms with van der Waals surface area (Å²) in [7, 11) is 1.26. The van der Waals surface area contributed by atoms with Crippen molar-refractivity contribution in [1.82, 2.24) is 4.98 Å². The molecule has 1 aromatic heterocycles. The highest BCUT2D eigenvalue weighted by Gasteiger charge is 2.30. The maximum atomic E-state index is 11.6. The highest BCUT2D eigenvalue weighted by Crippen LogP contribution is 2.34. The minimum absolute atomic E-state index is 0.0811. The molecular weight excluding hydrogens is 274 g/mol. The van der Waals surface area contributed by atoms with Gasteiger partial charge in [0.15, 0.2) is 5.69 Å². The molecule has 7 heteroatoms. The lowest BCUT2D eigenvalue weighted by molar-refractivity contribution is -0.384. The van der Waals surface area contributed by atoms with Crippen LogP contribution in [-0.4, -0.2) is 36.1 Å². The van der Waals surface area contributed by atoms with Crippen molar-refractivity contribution < 1.29 is 14.5 Å². The third-order valence-electron chi connectivity index (χ3n) is 3.86. The second kappa shape index (κ2) is 5.67. The number of rotatable bonds is 3. The molecule has 0 radical (unpaired) electrons. The second-order valence-electron chi connectivity index (χ2n) is 5.94. The van der Waals surface area contributed by atoms with E-state index < -0.39 is 10.9 Å². The lowest BCUT2D eigenvalue weighted by atomic mass is 9.83. The van der Waals surface area contributed by atoms with Gasteiger partial charge in [0.05, 0.1) is 12.0 Å². The van der Waals surface area contributed by atoms with Crippen LogP contribution in [0.15, 0.2) is 12.1 Å². The number of aromatic nitrogens is 1. The molecule has 21 heavy (non-hydrogen) atoms. The van der Waals surface area contributed by atoms with E-state index in [1.165, 1.54) is 19.2 Å². The van der Waals surface area contributed by atoms with Gasteiger partial charge in [-0.1, -0.05) is 13.8 Å². The normalized spacial score (nSPS) is 17.4. The monoisotopic (exact) mass is 293 g/mol. The molecule has 0 bridgehead atoms. The van der Waals surface area contributed by atoms with E-state index in [0.717, 1.165) is 12.8 Å². The van der Waals surface area contributed by atoms with Crippen molar-refractivity contribution in [2.75, 3.05) is 25.1 Å². The molecule has 1 aromatic rings. The molecule has 0 amide bonds. The zero-order valence-electron chi connectivity index (χ0n) is 12.5. The summed E-state index contributed by atoms with van der Waals surface area (Å²) in [6, 6.07) is 2.63. The minimum atomic E-state index is -0.594. The molecule has 2 heterocycles. The first kappa shape index (κ1) is 15.2. The number of nitro groups is 1. The number of hydrogen-bond donors (Lipinski definition) is 0. The van der Waals surface area contributed by atoms with Crippen LogP contribution in [0.2, 0.25) is 0 Å². The average molecular weight is 293 g/mol. The Morgan fingerprint density at radius 3 is 2.52 bits per heavy atom. The van der Waals surface area contributed by atoms with E-state index in [-0.39, 0.29) is 22.6 Å². The number of piperidine rings is 1. The molecule has 1 aliphatic rings. The summed E-state index contributed by atoms with van der Waals surface area (Å²) in [5.74, 6) is -0.345. The zero-order valence-corrected chi connectivity index (χ0v) is 12.5. The molecule has 7 nitrogen and oxygen atoms in total. The van der Waals surface area contributed by atoms with Gasteiger partial charge in [0.25, 0.3) is 0 Å². The van der Waals surface area contributed by atoms with Crippen molar-refractivity contribution in [2.24, 2.45) is 5.41 Å². The first-order valence-electron chi connectivity index (χ1n) is 6.83. The summed E-state index contributed by atoms with van der Waals surface area (Å²) in [5.41, 5.74) is 0.232. The molecule has 1 aliphatic heterocycles. The van der Waals surface area contributed by atoms with Gasteiger partial charge in [-0.05, 0) is 24.3 Å². The van der Waals surface area contributed by atoms with E-state index in [2.05, 4.69) is 23.6 Å². The number of methoxy groups -OCH3 is 1. The van der Waals surface area contributed by atoms with E-state index in [9.17, 15) is 14.9 Å². The van der Waals surface area contributed by atoms with Gasteiger partial charge in [-0.3, -0.25) is 10.1 Å². The molecular formula is C14H19N3O4. The van der Waals surface area contributed by atoms with E-state index in [0.29, 0.717) is 13.1 Å². The molecule has 114 valence electrons. The van der Waals surface area contributed by atoms with Gasteiger partial charge in [0, 0.05) is 19.2 Å². The predicted molar refractivity (Wildman–Crippen MR) is 77.5 cm³/mol. The Hall–Kier alpha value is -2.18. The van der Waals surface area contributed by atoms with Crippen LogP contribution in [0, 0.1) is 15.5 Å². The lowest BCUT2D eigenvalue weighted by Crippen LogP contribution is -2.38. The van der Waals surface area contributed by atoms with Gasteiger partial charge in [0.1, 0.15) is 0 Å². The highest BCUT2D eigenvalue weighted by atomic mass is 16.6. The first-order valence-corrected chi connectivity index (χ1v) is 6.83. The largest absolute Gasteiger partial charge is 0.464 e. The third kappa shape index (κ3) is 3.29. The molecule has 0 N–H and O–H groups in total. The van der Waals surface area contributed by atoms with Gasteiger partial charge in [-0.2, -0.15) is 0 Å². The van der Waals surface area contributed by atoms with Crippen molar-refractivity contribution in [2.45, 2.75) is 26.7 Å². The van der Waals surface area contributed by atoms with Crippen LogP contribution in [0.1, 0.15) is 37.2 Å². The molecule has 0 atom stereocenters. The molecule has 0 aliphatic carbocycles. The molecule has 0 saturated carbocycles. The fraction of sp³-hybridized carbons (Fsp3) is 0.571. The molecule has 0 aromatic carbocycles. The van der Waals surface area contributed by atoms with Gasteiger partial charge in [-0.25, -0.2) is 9.78 Å². The Labute approximate surface area is 123 Å². The maximum Gasteiger partial charge on any atom is 0.356 e. The summed E-state index contributed by atoms with van der Waals surface area (Å²) >= 11 is 0. The highest BCUT2D eigenvalue weighted by molar-refractivity contribution is 5.88. The zero-order chi connectivity index (χ0) is 15.6. The van der Waals surface area contributed by atoms with Crippen LogP contribution < -0.4 is 4.90 Å². The number of hydrogen-bond acceptors (Lipinski definition) is 6. The number of carbonyl (C=O) groups is 1. The quantitative estimate of drug-likeness (QED) is 0.483. The van der Waals surface area contributed by atoms with Crippen molar-refractivity contribution in [3.8, 4) is 0 Å². The maximum absolute atomic E-state index is 11.6. The van der Waals surface area contributed by atoms with E-state index in [4.69, 9.17) is 0 Å². The van der Waals surface area contributed by atoms with Crippen LogP contribution in [0.5, 0.6) is 0 Å². The topological polar surface area (TPSA) is 85.6 Å². The standard InChI is InChI=1S/C14H19N3O4/c1-14(2)6-8-16(9-7-14)12-11(17(19)20)5-4-10(15-12)13(18)21-3/h4-5H,6-9H2,1-3H3. The number of carbonyl (C=O) groups excluding carboxylic acids is 1. The van der Waals surface area contributed by atoms with Crippen LogP contribution in [0.3, 0.4) is 0 Å². The Morgan fingerprint density at radius 1 is 1.38 bits per heavy atom. The third-order valence-corrected chi connectivity index (χ3v) is 3.86. The molecule has 2 rings (SSSR count). The molecule has 1 saturated heterocycles. The van der Waals surface area contributed by atoms with Crippen LogP contribution in [-0.2, 0) is 4.74 Å². The van der Waals surface area contributed by atoms with Gasteiger partial charge in [0.2, 0.25) is 5.82 Å². The number of pyridine rings is 1. The SMILES string of the molecule is COC(=O)c1ccc([N+](=O)[O-])c(N2CCC(C)(C)CC2)n1. The summed E-state index contributed by atoms with van der Waals surface area (Å²) in [5, 5.41) is 11.2. The van der Waals surface area contributed by atoms with Crippen LogP contribution >= 0.6 is 0 Å². The number of anilines is 1. The number of esters is 1. The summed E-state index contributed by atoms with van der Waals surface area (Å²) in [4.78, 5) is 28.3. The van der Waals surface area contributed by atoms with E-state index >= 15 is 0 Å². The van der Waals surface area contributed by atoms with Crippen molar-refractivity contribution >= 4 is 17.5 Å². The average Bonchev–Trinajstić information content (AvgIpc) is 2.45. The predicted octanol–water partition coefficient (Wildman–Crippen LogP) is 2.40. The van der Waals surface area contributed by atoms with Crippen LogP contribution in [0.4, 0.5) is 11.5 Å². The summed E-state index contributed by atoms with van der Waals surface area (Å²) in [6.45, 7) is 5.73. The summed E-state index contributed by atoms with van der Waals surface area (Å²) < 4.78 is 4.62. The smallest absolute Gasteiger partial charge is 0.356 e. The van der Waals surface area contributed by atoms with Gasteiger partial charge in [-0.15, -0.1) is 0 Å². The Balaban J connectivity index is 2.35. The van der Waals surface area contributed by atoms with Crippen molar-refractivity contribution in [1.29, 1.82) is 0 Å². The number of nitrogens with zero attached hydrogens (tertiary/aromatic N) is 3. The Bertz CT molecular complexity index is 561. The van der Waals surface area contributed by atoms with Crippen LogP contribution in [0.25, 0.3) is 0 Å². The summed E-state index contributed by atoms with van der Waals surface area (Å²) in [6.07, 6.45) is 1.85. The fourth-order valence-electron chi connectivity index (χ4n) is 2.36. The first-order chi connectivity index (χ1) is 9.84. The van der Waals surface area contributed by atoms with E-state index in [1.54, 1.807) is 0 Å².